The fourth-order valence-corrected chi connectivity index (χ4v) is 4.55. The first-order chi connectivity index (χ1) is 13.1. The van der Waals surface area contributed by atoms with Crippen molar-refractivity contribution in [1.82, 2.24) is 10.2 Å². The Morgan fingerprint density at radius 3 is 2.74 bits per heavy atom. The molecule has 1 N–H and O–H groups in total. The maximum atomic E-state index is 12.5. The van der Waals surface area contributed by atoms with Gasteiger partial charge in [-0.3, -0.25) is 14.5 Å². The van der Waals surface area contributed by atoms with Gasteiger partial charge in [-0.05, 0) is 30.9 Å². The Morgan fingerprint density at radius 2 is 2.00 bits per heavy atom. The van der Waals surface area contributed by atoms with Crippen LogP contribution in [0.4, 0.5) is 0 Å². The van der Waals surface area contributed by atoms with E-state index in [9.17, 15) is 9.59 Å². The van der Waals surface area contributed by atoms with Crippen LogP contribution >= 0.6 is 24.0 Å². The predicted molar refractivity (Wildman–Crippen MR) is 115 cm³/mol. The lowest BCUT2D eigenvalue weighted by Gasteiger charge is -2.15. The van der Waals surface area contributed by atoms with Crippen LogP contribution in [-0.4, -0.2) is 33.6 Å². The number of amides is 2. The molecule has 2 fully saturated rings. The van der Waals surface area contributed by atoms with Crippen molar-refractivity contribution in [1.29, 1.82) is 0 Å². The minimum Gasteiger partial charge on any atom is -0.353 e. The van der Waals surface area contributed by atoms with Crippen molar-refractivity contribution in [3.05, 3.63) is 53.0 Å². The molecule has 4 nitrogen and oxygen atoms in total. The van der Waals surface area contributed by atoms with Crippen molar-refractivity contribution < 1.29 is 9.59 Å². The van der Waals surface area contributed by atoms with E-state index in [0.29, 0.717) is 34.7 Å². The molecule has 1 aliphatic carbocycles. The zero-order valence-electron chi connectivity index (χ0n) is 15.2. The Labute approximate surface area is 170 Å². The van der Waals surface area contributed by atoms with Crippen LogP contribution in [0.25, 0.3) is 6.08 Å². The lowest BCUT2D eigenvalue weighted by Crippen LogP contribution is -2.34. The average Bonchev–Trinajstić information content (AvgIpc) is 3.26. The standard InChI is InChI=1S/C21H24N2O2S2/c24-19(22-17-11-4-5-12-17)14-7-15-23-20(25)18(27-21(23)26)13-6-10-16-8-2-1-3-9-16/h1-3,6,8-10,13,17H,4-5,7,11-12,14-15H2,(H,22,24)/b10-6+,18-13-. The first-order valence-corrected chi connectivity index (χ1v) is 10.6. The molecule has 0 spiro atoms. The van der Waals surface area contributed by atoms with Gasteiger partial charge in [0, 0.05) is 19.0 Å². The van der Waals surface area contributed by atoms with Crippen LogP contribution in [0.5, 0.6) is 0 Å². The number of carbonyl (C=O) groups excluding carboxylic acids is 2. The quantitative estimate of drug-likeness (QED) is 0.548. The number of thioether (sulfide) groups is 1. The number of hydrogen-bond donors (Lipinski definition) is 1. The van der Waals surface area contributed by atoms with Gasteiger partial charge in [0.2, 0.25) is 5.91 Å². The fourth-order valence-electron chi connectivity index (χ4n) is 3.29. The molecule has 0 bridgehead atoms. The topological polar surface area (TPSA) is 49.4 Å². The zero-order chi connectivity index (χ0) is 19.1. The summed E-state index contributed by atoms with van der Waals surface area (Å²) in [7, 11) is 0. The maximum Gasteiger partial charge on any atom is 0.266 e. The van der Waals surface area contributed by atoms with Crippen LogP contribution in [0.3, 0.4) is 0 Å². The van der Waals surface area contributed by atoms with Gasteiger partial charge in [0.1, 0.15) is 4.32 Å². The summed E-state index contributed by atoms with van der Waals surface area (Å²) in [5.74, 6) is 0.00703. The Morgan fingerprint density at radius 1 is 1.26 bits per heavy atom. The number of thiocarbonyl (C=S) groups is 1. The maximum absolute atomic E-state index is 12.5. The third-order valence-electron chi connectivity index (χ3n) is 4.72. The van der Waals surface area contributed by atoms with Gasteiger partial charge in [0.05, 0.1) is 4.91 Å². The highest BCUT2D eigenvalue weighted by atomic mass is 32.2. The number of benzene rings is 1. The van der Waals surface area contributed by atoms with Gasteiger partial charge in [0.25, 0.3) is 5.91 Å². The van der Waals surface area contributed by atoms with E-state index >= 15 is 0 Å². The minimum absolute atomic E-state index is 0.0705. The van der Waals surface area contributed by atoms with E-state index in [4.69, 9.17) is 12.2 Å². The van der Waals surface area contributed by atoms with Crippen LogP contribution in [0.2, 0.25) is 0 Å². The second-order valence-electron chi connectivity index (χ2n) is 6.78. The highest BCUT2D eigenvalue weighted by molar-refractivity contribution is 8.26. The molecule has 0 aromatic heterocycles. The van der Waals surface area contributed by atoms with Crippen molar-refractivity contribution in [3.8, 4) is 0 Å². The summed E-state index contributed by atoms with van der Waals surface area (Å²) in [5.41, 5.74) is 1.08. The van der Waals surface area contributed by atoms with Gasteiger partial charge in [-0.2, -0.15) is 0 Å². The minimum atomic E-state index is -0.0705. The molecule has 6 heteroatoms. The van der Waals surface area contributed by atoms with Crippen molar-refractivity contribution in [2.45, 2.75) is 44.6 Å². The monoisotopic (exact) mass is 400 g/mol. The number of hydrogen-bond acceptors (Lipinski definition) is 4. The number of rotatable bonds is 7. The first kappa shape index (κ1) is 19.8. The summed E-state index contributed by atoms with van der Waals surface area (Å²) < 4.78 is 0.565. The van der Waals surface area contributed by atoms with Crippen molar-refractivity contribution in [2.24, 2.45) is 0 Å². The third kappa shape index (κ3) is 5.78. The smallest absolute Gasteiger partial charge is 0.266 e. The average molecular weight is 401 g/mol. The second kappa shape index (κ2) is 9.85. The molecule has 1 heterocycles. The molecule has 1 aromatic carbocycles. The number of nitrogens with zero attached hydrogens (tertiary/aromatic N) is 1. The van der Waals surface area contributed by atoms with Crippen molar-refractivity contribution in [2.75, 3.05) is 6.54 Å². The zero-order valence-corrected chi connectivity index (χ0v) is 16.9. The van der Waals surface area contributed by atoms with E-state index in [2.05, 4.69) is 5.32 Å². The summed E-state index contributed by atoms with van der Waals surface area (Å²) in [5, 5.41) is 3.08. The summed E-state index contributed by atoms with van der Waals surface area (Å²) >= 11 is 6.65. The molecule has 27 heavy (non-hydrogen) atoms. The van der Waals surface area contributed by atoms with Gasteiger partial charge in [-0.1, -0.05) is 79.3 Å². The Bertz CT molecular complexity index is 753. The number of allylic oxidation sites excluding steroid dienone is 2. The summed E-state index contributed by atoms with van der Waals surface area (Å²) in [6.45, 7) is 0.489. The van der Waals surface area contributed by atoms with E-state index < -0.39 is 0 Å². The molecule has 1 aliphatic heterocycles. The highest BCUT2D eigenvalue weighted by Crippen LogP contribution is 2.31. The second-order valence-corrected chi connectivity index (χ2v) is 8.45. The molecule has 142 valence electrons. The molecular formula is C21H24N2O2S2. The predicted octanol–water partition coefficient (Wildman–Crippen LogP) is 4.28. The lowest BCUT2D eigenvalue weighted by molar-refractivity contribution is -0.124. The third-order valence-corrected chi connectivity index (χ3v) is 6.11. The normalized spacial score (nSPS) is 19.6. The van der Waals surface area contributed by atoms with E-state index in [1.165, 1.54) is 24.6 Å². The van der Waals surface area contributed by atoms with Crippen molar-refractivity contribution in [3.63, 3.8) is 0 Å². The van der Waals surface area contributed by atoms with Gasteiger partial charge >= 0.3 is 0 Å². The SMILES string of the molecule is O=C(CCCN1C(=O)/C(=C/C=C/c2ccccc2)SC1=S)NC1CCCC1. The van der Waals surface area contributed by atoms with Crippen molar-refractivity contribution >= 4 is 46.2 Å². The van der Waals surface area contributed by atoms with Gasteiger partial charge in [-0.15, -0.1) is 0 Å². The van der Waals surface area contributed by atoms with Gasteiger partial charge in [-0.25, -0.2) is 0 Å². The number of nitrogens with one attached hydrogen (secondary N) is 1. The molecule has 1 aromatic rings. The first-order valence-electron chi connectivity index (χ1n) is 9.40. The van der Waals surface area contributed by atoms with E-state index in [-0.39, 0.29) is 11.8 Å². The largest absolute Gasteiger partial charge is 0.353 e. The van der Waals surface area contributed by atoms with Crippen LogP contribution in [0.15, 0.2) is 47.4 Å². The number of carbonyl (C=O) groups is 2. The Balaban J connectivity index is 1.46. The van der Waals surface area contributed by atoms with E-state index in [0.717, 1.165) is 18.4 Å². The van der Waals surface area contributed by atoms with Crippen LogP contribution in [-0.2, 0) is 9.59 Å². The summed E-state index contributed by atoms with van der Waals surface area (Å²) in [6, 6.07) is 10.3. The molecule has 3 rings (SSSR count). The molecule has 0 radical (unpaired) electrons. The van der Waals surface area contributed by atoms with Crippen LogP contribution < -0.4 is 5.32 Å². The summed E-state index contributed by atoms with van der Waals surface area (Å²) in [4.78, 5) is 26.8. The lowest BCUT2D eigenvalue weighted by atomic mass is 10.2. The van der Waals surface area contributed by atoms with Crippen LogP contribution in [0.1, 0.15) is 44.1 Å². The molecule has 2 amide bonds. The highest BCUT2D eigenvalue weighted by Gasteiger charge is 2.31. The van der Waals surface area contributed by atoms with Gasteiger partial charge in [0.15, 0.2) is 0 Å². The molecule has 0 atom stereocenters. The molecular weight excluding hydrogens is 376 g/mol. The Hall–Kier alpha value is -1.92. The summed E-state index contributed by atoms with van der Waals surface area (Å²) in [6.07, 6.45) is 11.3. The fraction of sp³-hybridized carbons (Fsp3) is 0.381. The van der Waals surface area contributed by atoms with E-state index in [1.54, 1.807) is 11.0 Å². The van der Waals surface area contributed by atoms with Crippen LogP contribution in [0, 0.1) is 0 Å². The molecule has 1 saturated carbocycles. The Kier molecular flexibility index (Phi) is 7.24. The molecule has 2 aliphatic rings. The van der Waals surface area contributed by atoms with Gasteiger partial charge < -0.3 is 5.32 Å². The van der Waals surface area contributed by atoms with E-state index in [1.807, 2.05) is 42.5 Å². The molecule has 1 saturated heterocycles. The molecule has 0 unspecified atom stereocenters.